The fourth-order valence-corrected chi connectivity index (χ4v) is 2.07. The van der Waals surface area contributed by atoms with Crippen molar-refractivity contribution in [3.8, 4) is 11.5 Å². The van der Waals surface area contributed by atoms with E-state index < -0.39 is 0 Å². The highest BCUT2D eigenvalue weighted by molar-refractivity contribution is 5.45. The molecule has 0 bridgehead atoms. The number of nitrogens with one attached hydrogen (secondary N) is 1. The van der Waals surface area contributed by atoms with E-state index in [0.29, 0.717) is 0 Å². The minimum atomic E-state index is -0.0359. The number of ether oxygens (including phenoxy) is 2. The quantitative estimate of drug-likeness (QED) is 0.894. The van der Waals surface area contributed by atoms with Gasteiger partial charge in [-0.1, -0.05) is 6.07 Å². The molecule has 1 aromatic carbocycles. The molecule has 2 rings (SSSR count). The average molecular weight is 258 g/mol. The molecule has 0 saturated carbocycles. The molecular formula is C15H18N2O2. The molecule has 1 N–H and O–H groups in total. The fraction of sp³-hybridized carbons (Fsp3) is 0.267. The van der Waals surface area contributed by atoms with Crippen molar-refractivity contribution >= 4 is 0 Å². The van der Waals surface area contributed by atoms with Crippen LogP contribution < -0.4 is 14.8 Å². The molecule has 0 radical (unpaired) electrons. The van der Waals surface area contributed by atoms with Gasteiger partial charge in [-0.3, -0.25) is 4.98 Å². The van der Waals surface area contributed by atoms with Crippen LogP contribution in [0.4, 0.5) is 0 Å². The van der Waals surface area contributed by atoms with Crippen LogP contribution in [-0.2, 0) is 0 Å². The Hall–Kier alpha value is -2.07. The van der Waals surface area contributed by atoms with Gasteiger partial charge in [-0.2, -0.15) is 0 Å². The predicted molar refractivity (Wildman–Crippen MR) is 74.7 cm³/mol. The Morgan fingerprint density at radius 2 is 1.95 bits per heavy atom. The van der Waals surface area contributed by atoms with E-state index in [1.54, 1.807) is 20.4 Å². The minimum absolute atomic E-state index is 0.0359. The zero-order chi connectivity index (χ0) is 13.7. The molecule has 0 aliphatic carbocycles. The lowest BCUT2D eigenvalue weighted by molar-refractivity contribution is 0.394. The molecule has 0 saturated heterocycles. The number of pyridine rings is 1. The Balaban J connectivity index is 2.48. The van der Waals surface area contributed by atoms with E-state index in [2.05, 4.69) is 10.3 Å². The zero-order valence-corrected chi connectivity index (χ0v) is 11.4. The topological polar surface area (TPSA) is 43.4 Å². The lowest BCUT2D eigenvalue weighted by Crippen LogP contribution is -2.19. The highest BCUT2D eigenvalue weighted by Crippen LogP contribution is 2.32. The maximum atomic E-state index is 5.43. The van der Waals surface area contributed by atoms with Gasteiger partial charge >= 0.3 is 0 Å². The molecule has 1 aromatic heterocycles. The van der Waals surface area contributed by atoms with Gasteiger partial charge in [0.05, 0.1) is 26.0 Å². The van der Waals surface area contributed by atoms with E-state index >= 15 is 0 Å². The maximum absolute atomic E-state index is 5.43. The highest BCUT2D eigenvalue weighted by Gasteiger charge is 2.18. The first-order valence-electron chi connectivity index (χ1n) is 6.10. The average Bonchev–Trinajstić information content (AvgIpc) is 2.49. The molecule has 0 aliphatic heterocycles. The van der Waals surface area contributed by atoms with Crippen LogP contribution in [0.5, 0.6) is 11.5 Å². The molecular weight excluding hydrogens is 240 g/mol. The van der Waals surface area contributed by atoms with Crippen LogP contribution in [0.2, 0.25) is 0 Å². The highest BCUT2D eigenvalue weighted by atomic mass is 16.5. The second-order valence-electron chi connectivity index (χ2n) is 4.08. The van der Waals surface area contributed by atoms with E-state index in [-0.39, 0.29) is 6.04 Å². The molecule has 1 atom stereocenters. The molecule has 100 valence electrons. The van der Waals surface area contributed by atoms with Gasteiger partial charge in [-0.05, 0) is 37.4 Å². The summed E-state index contributed by atoms with van der Waals surface area (Å²) < 4.78 is 10.7. The third-order valence-corrected chi connectivity index (χ3v) is 3.02. The van der Waals surface area contributed by atoms with Gasteiger partial charge < -0.3 is 14.8 Å². The number of nitrogens with zero attached hydrogens (tertiary/aromatic N) is 1. The molecule has 0 fully saturated rings. The molecule has 1 unspecified atom stereocenters. The minimum Gasteiger partial charge on any atom is -0.497 e. The van der Waals surface area contributed by atoms with Crippen molar-refractivity contribution in [1.29, 1.82) is 0 Å². The second kappa shape index (κ2) is 6.20. The summed E-state index contributed by atoms with van der Waals surface area (Å²) in [6.45, 7) is 0. The van der Waals surface area contributed by atoms with Crippen molar-refractivity contribution in [3.05, 3.63) is 53.9 Å². The monoisotopic (exact) mass is 258 g/mol. The summed E-state index contributed by atoms with van der Waals surface area (Å²) in [5.41, 5.74) is 1.94. The molecule has 0 amide bonds. The van der Waals surface area contributed by atoms with Crippen molar-refractivity contribution in [3.63, 3.8) is 0 Å². The molecule has 1 heterocycles. The van der Waals surface area contributed by atoms with E-state index in [9.17, 15) is 0 Å². The van der Waals surface area contributed by atoms with Crippen molar-refractivity contribution in [2.24, 2.45) is 0 Å². The molecule has 4 heteroatoms. The third kappa shape index (κ3) is 2.85. The summed E-state index contributed by atoms with van der Waals surface area (Å²) in [5.74, 6) is 1.61. The lowest BCUT2D eigenvalue weighted by atomic mass is 10.0. The number of hydrogen-bond acceptors (Lipinski definition) is 4. The molecule has 19 heavy (non-hydrogen) atoms. The lowest BCUT2D eigenvalue weighted by Gasteiger charge is -2.19. The normalized spacial score (nSPS) is 11.9. The maximum Gasteiger partial charge on any atom is 0.124 e. The third-order valence-electron chi connectivity index (χ3n) is 3.02. The Morgan fingerprint density at radius 3 is 2.53 bits per heavy atom. The van der Waals surface area contributed by atoms with Crippen LogP contribution in [-0.4, -0.2) is 26.3 Å². The first-order valence-corrected chi connectivity index (χ1v) is 6.10. The van der Waals surface area contributed by atoms with Crippen LogP contribution in [0.1, 0.15) is 17.3 Å². The van der Waals surface area contributed by atoms with Gasteiger partial charge in [0.1, 0.15) is 11.5 Å². The van der Waals surface area contributed by atoms with Crippen LogP contribution in [0.25, 0.3) is 0 Å². The van der Waals surface area contributed by atoms with E-state index in [1.165, 1.54) is 0 Å². The number of rotatable bonds is 5. The van der Waals surface area contributed by atoms with E-state index in [0.717, 1.165) is 22.8 Å². The summed E-state index contributed by atoms with van der Waals surface area (Å²) in [5, 5.41) is 3.26. The molecule has 4 nitrogen and oxygen atoms in total. The van der Waals surface area contributed by atoms with Gasteiger partial charge in [-0.25, -0.2) is 0 Å². The first kappa shape index (κ1) is 13.4. The van der Waals surface area contributed by atoms with Crippen LogP contribution in [0.3, 0.4) is 0 Å². The predicted octanol–water partition coefficient (Wildman–Crippen LogP) is 2.41. The number of hydrogen-bond donors (Lipinski definition) is 1. The largest absolute Gasteiger partial charge is 0.497 e. The van der Waals surface area contributed by atoms with Crippen LogP contribution in [0.15, 0.2) is 42.6 Å². The van der Waals surface area contributed by atoms with Crippen molar-refractivity contribution in [2.75, 3.05) is 21.3 Å². The zero-order valence-electron chi connectivity index (χ0n) is 11.4. The summed E-state index contributed by atoms with van der Waals surface area (Å²) >= 11 is 0. The summed E-state index contributed by atoms with van der Waals surface area (Å²) in [7, 11) is 5.22. The summed E-state index contributed by atoms with van der Waals surface area (Å²) in [6, 6.07) is 11.6. The fourth-order valence-electron chi connectivity index (χ4n) is 2.07. The molecule has 0 spiro atoms. The van der Waals surface area contributed by atoms with Crippen molar-refractivity contribution in [1.82, 2.24) is 10.3 Å². The Morgan fingerprint density at radius 1 is 1.11 bits per heavy atom. The van der Waals surface area contributed by atoms with Crippen molar-refractivity contribution in [2.45, 2.75) is 6.04 Å². The van der Waals surface area contributed by atoms with Gasteiger partial charge in [0.2, 0.25) is 0 Å². The van der Waals surface area contributed by atoms with Gasteiger partial charge in [0.25, 0.3) is 0 Å². The Bertz CT molecular complexity index is 529. The smallest absolute Gasteiger partial charge is 0.124 e. The Labute approximate surface area is 113 Å². The standard InChI is InChI=1S/C15H18N2O2/c1-16-15(13-6-4-5-9-17-13)12-10-11(18-2)7-8-14(12)19-3/h4-10,15-16H,1-3H3. The Kier molecular flexibility index (Phi) is 4.36. The van der Waals surface area contributed by atoms with Gasteiger partial charge in [0, 0.05) is 11.8 Å². The van der Waals surface area contributed by atoms with Gasteiger partial charge in [0.15, 0.2) is 0 Å². The summed E-state index contributed by atoms with van der Waals surface area (Å²) in [6.07, 6.45) is 1.78. The van der Waals surface area contributed by atoms with Crippen LogP contribution >= 0.6 is 0 Å². The molecule has 0 aliphatic rings. The van der Waals surface area contributed by atoms with Gasteiger partial charge in [-0.15, -0.1) is 0 Å². The number of methoxy groups -OCH3 is 2. The van der Waals surface area contributed by atoms with Crippen molar-refractivity contribution < 1.29 is 9.47 Å². The number of benzene rings is 1. The van der Waals surface area contributed by atoms with Crippen LogP contribution in [0, 0.1) is 0 Å². The summed E-state index contributed by atoms with van der Waals surface area (Å²) in [4.78, 5) is 4.40. The molecule has 2 aromatic rings. The first-order chi connectivity index (χ1) is 9.30. The van der Waals surface area contributed by atoms with E-state index in [4.69, 9.17) is 9.47 Å². The van der Waals surface area contributed by atoms with E-state index in [1.807, 2.05) is 43.4 Å². The second-order valence-corrected chi connectivity index (χ2v) is 4.08. The SMILES string of the molecule is CNC(c1ccccn1)c1cc(OC)ccc1OC. The number of aromatic nitrogens is 1.